The Morgan fingerprint density at radius 2 is 1.92 bits per heavy atom. The number of fused-ring (bicyclic) bond motifs is 1. The van der Waals surface area contributed by atoms with E-state index in [9.17, 15) is 14.7 Å². The van der Waals surface area contributed by atoms with Crippen molar-refractivity contribution in [3.05, 3.63) is 62.6 Å². The second kappa shape index (κ2) is 6.69. The van der Waals surface area contributed by atoms with Gasteiger partial charge in [0.25, 0.3) is 5.91 Å². The average Bonchev–Trinajstić information content (AvgIpc) is 2.77. The van der Waals surface area contributed by atoms with Crippen LogP contribution < -0.4 is 5.32 Å². The minimum absolute atomic E-state index is 0.147. The van der Waals surface area contributed by atoms with Crippen LogP contribution >= 0.6 is 23.2 Å². The molecule has 0 spiro atoms. The summed E-state index contributed by atoms with van der Waals surface area (Å²) in [4.78, 5) is 25.4. The lowest BCUT2D eigenvalue weighted by Crippen LogP contribution is -2.36. The lowest BCUT2D eigenvalue weighted by atomic mass is 9.86. The number of amides is 1. The monoisotopic (exact) mass is 391 g/mol. The predicted molar refractivity (Wildman–Crippen MR) is 103 cm³/mol. The Morgan fingerprint density at radius 1 is 1.23 bits per heavy atom. The van der Waals surface area contributed by atoms with E-state index in [-0.39, 0.29) is 22.3 Å². The van der Waals surface area contributed by atoms with Gasteiger partial charge in [-0.25, -0.2) is 0 Å². The largest absolute Gasteiger partial charge is 0.375 e. The molecule has 3 rings (SSSR count). The van der Waals surface area contributed by atoms with Crippen LogP contribution in [0.1, 0.15) is 53.2 Å². The van der Waals surface area contributed by atoms with Gasteiger partial charge in [-0.1, -0.05) is 49.2 Å². The van der Waals surface area contributed by atoms with E-state index >= 15 is 0 Å². The van der Waals surface area contributed by atoms with E-state index in [1.807, 2.05) is 39.0 Å². The zero-order chi connectivity index (χ0) is 19.2. The molecule has 1 aliphatic rings. The summed E-state index contributed by atoms with van der Waals surface area (Å²) >= 11 is 12.2. The van der Waals surface area contributed by atoms with E-state index < -0.39 is 17.9 Å². The number of aliphatic hydroxyl groups is 1. The SMILES string of the molecule is Cc1ccc(C(C)C)cc1C(=O)C[C@@]1(O)C(=O)Nc2cc(Cl)cc(Cl)c21. The number of rotatable bonds is 4. The first-order chi connectivity index (χ1) is 12.1. The summed E-state index contributed by atoms with van der Waals surface area (Å²) in [7, 11) is 0. The zero-order valence-electron chi connectivity index (χ0n) is 14.7. The standard InChI is InChI=1S/C20H19Cl2NO3/c1-10(2)12-5-4-11(3)14(6-12)17(24)9-20(26)18-15(22)7-13(21)8-16(18)23-19(20)25/h4-8,10,26H,9H2,1-3H3,(H,23,25)/t20-/m0/s1. The molecule has 2 aromatic carbocycles. The molecule has 2 aromatic rings. The van der Waals surface area contributed by atoms with Gasteiger partial charge in [-0.05, 0) is 42.2 Å². The van der Waals surface area contributed by atoms with Gasteiger partial charge < -0.3 is 10.4 Å². The first kappa shape index (κ1) is 18.9. The number of hydrogen-bond acceptors (Lipinski definition) is 3. The highest BCUT2D eigenvalue weighted by Crippen LogP contribution is 2.44. The number of aryl methyl sites for hydroxylation is 1. The molecule has 0 saturated heterocycles. The van der Waals surface area contributed by atoms with Crippen LogP contribution in [0.15, 0.2) is 30.3 Å². The number of Topliss-reactive ketones (excluding diaryl/α,β-unsaturated/α-hetero) is 1. The van der Waals surface area contributed by atoms with E-state index in [1.165, 1.54) is 12.1 Å². The van der Waals surface area contributed by atoms with Crippen molar-refractivity contribution in [3.8, 4) is 0 Å². The highest BCUT2D eigenvalue weighted by molar-refractivity contribution is 6.36. The van der Waals surface area contributed by atoms with Crippen molar-refractivity contribution in [1.29, 1.82) is 0 Å². The van der Waals surface area contributed by atoms with Crippen molar-refractivity contribution in [1.82, 2.24) is 0 Å². The minimum Gasteiger partial charge on any atom is -0.375 e. The van der Waals surface area contributed by atoms with Crippen LogP contribution in [0.3, 0.4) is 0 Å². The fourth-order valence-corrected chi connectivity index (χ4v) is 3.88. The van der Waals surface area contributed by atoms with Gasteiger partial charge in [-0.15, -0.1) is 0 Å². The number of ketones is 1. The van der Waals surface area contributed by atoms with Crippen LogP contribution in [-0.2, 0) is 10.4 Å². The summed E-state index contributed by atoms with van der Waals surface area (Å²) < 4.78 is 0. The number of benzene rings is 2. The molecule has 0 saturated carbocycles. The number of carbonyl (C=O) groups is 2. The van der Waals surface area contributed by atoms with Crippen molar-refractivity contribution < 1.29 is 14.7 Å². The maximum Gasteiger partial charge on any atom is 0.261 e. The topological polar surface area (TPSA) is 66.4 Å². The molecular weight excluding hydrogens is 373 g/mol. The van der Waals surface area contributed by atoms with Gasteiger partial charge in [0.1, 0.15) is 0 Å². The average molecular weight is 392 g/mol. The maximum atomic E-state index is 12.9. The molecule has 0 radical (unpaired) electrons. The van der Waals surface area contributed by atoms with E-state index in [0.29, 0.717) is 16.3 Å². The minimum atomic E-state index is -2.02. The van der Waals surface area contributed by atoms with E-state index in [1.54, 1.807) is 0 Å². The fourth-order valence-electron chi connectivity index (χ4n) is 3.23. The Bertz CT molecular complexity index is 924. The van der Waals surface area contributed by atoms with Crippen LogP contribution in [0.2, 0.25) is 10.0 Å². The van der Waals surface area contributed by atoms with Gasteiger partial charge in [0.05, 0.1) is 17.1 Å². The second-order valence-corrected chi connectivity index (χ2v) is 7.80. The second-order valence-electron chi connectivity index (χ2n) is 6.95. The summed E-state index contributed by atoms with van der Waals surface area (Å²) in [5, 5.41) is 14.1. The van der Waals surface area contributed by atoms with Gasteiger partial charge in [-0.3, -0.25) is 9.59 Å². The molecule has 6 heteroatoms. The summed E-state index contributed by atoms with van der Waals surface area (Å²) in [6, 6.07) is 8.63. The molecule has 0 unspecified atom stereocenters. The summed E-state index contributed by atoms with van der Waals surface area (Å²) in [6.45, 7) is 5.91. The molecule has 1 amide bonds. The van der Waals surface area contributed by atoms with Crippen LogP contribution in [0.5, 0.6) is 0 Å². The molecular formula is C20H19Cl2NO3. The first-order valence-electron chi connectivity index (χ1n) is 8.30. The van der Waals surface area contributed by atoms with Gasteiger partial charge in [0.2, 0.25) is 0 Å². The van der Waals surface area contributed by atoms with E-state index in [2.05, 4.69) is 5.32 Å². The summed E-state index contributed by atoms with van der Waals surface area (Å²) in [6.07, 6.45) is -0.393. The zero-order valence-corrected chi connectivity index (χ0v) is 16.2. The molecule has 0 aromatic heterocycles. The Morgan fingerprint density at radius 3 is 2.58 bits per heavy atom. The van der Waals surface area contributed by atoms with Gasteiger partial charge in [-0.2, -0.15) is 0 Å². The van der Waals surface area contributed by atoms with E-state index in [4.69, 9.17) is 23.2 Å². The molecule has 2 N–H and O–H groups in total. The molecule has 1 aliphatic heterocycles. The lowest BCUT2D eigenvalue weighted by molar-refractivity contribution is -0.133. The van der Waals surface area contributed by atoms with Crippen LogP contribution in [0.4, 0.5) is 5.69 Å². The third-order valence-electron chi connectivity index (χ3n) is 4.74. The van der Waals surface area contributed by atoms with Crippen LogP contribution in [0, 0.1) is 6.92 Å². The predicted octanol–water partition coefficient (Wildman–Crippen LogP) is 4.84. The Kier molecular flexibility index (Phi) is 4.86. The molecule has 1 heterocycles. The number of carbonyl (C=O) groups excluding carboxylic acids is 2. The number of halogens is 2. The fraction of sp³-hybridized carbons (Fsp3) is 0.300. The smallest absolute Gasteiger partial charge is 0.261 e. The quantitative estimate of drug-likeness (QED) is 0.732. The Balaban J connectivity index is 2.01. The maximum absolute atomic E-state index is 12.9. The van der Waals surface area contributed by atoms with Crippen LogP contribution in [0.25, 0.3) is 0 Å². The van der Waals surface area contributed by atoms with Gasteiger partial charge >= 0.3 is 0 Å². The van der Waals surface area contributed by atoms with Crippen molar-refractivity contribution in [2.45, 2.75) is 38.7 Å². The lowest BCUT2D eigenvalue weighted by Gasteiger charge is -2.22. The molecule has 26 heavy (non-hydrogen) atoms. The molecule has 136 valence electrons. The first-order valence-corrected chi connectivity index (χ1v) is 9.06. The third kappa shape index (κ3) is 3.13. The summed E-state index contributed by atoms with van der Waals surface area (Å²) in [5.41, 5.74) is 0.816. The highest BCUT2D eigenvalue weighted by Gasteiger charge is 2.48. The molecule has 4 nitrogen and oxygen atoms in total. The number of nitrogens with one attached hydrogen (secondary N) is 1. The Labute approximate surface area is 162 Å². The molecule has 1 atom stereocenters. The van der Waals surface area contributed by atoms with Gasteiger partial charge in [0, 0.05) is 16.1 Å². The highest BCUT2D eigenvalue weighted by atomic mass is 35.5. The van der Waals surface area contributed by atoms with E-state index in [0.717, 1.165) is 11.1 Å². The molecule has 0 fully saturated rings. The molecule has 0 aliphatic carbocycles. The normalized spacial score (nSPS) is 18.8. The number of hydrogen-bond donors (Lipinski definition) is 2. The van der Waals surface area contributed by atoms with Crippen molar-refractivity contribution in [2.24, 2.45) is 0 Å². The third-order valence-corrected chi connectivity index (χ3v) is 5.25. The van der Waals surface area contributed by atoms with Crippen molar-refractivity contribution in [3.63, 3.8) is 0 Å². The van der Waals surface area contributed by atoms with Crippen molar-refractivity contribution in [2.75, 3.05) is 5.32 Å². The summed E-state index contributed by atoms with van der Waals surface area (Å²) in [5.74, 6) is -0.735. The Hall–Kier alpha value is -1.88. The van der Waals surface area contributed by atoms with Crippen LogP contribution in [-0.4, -0.2) is 16.8 Å². The van der Waals surface area contributed by atoms with Crippen molar-refractivity contribution >= 4 is 40.6 Å². The van der Waals surface area contributed by atoms with Gasteiger partial charge in [0.15, 0.2) is 11.4 Å². The number of anilines is 1. The molecule has 0 bridgehead atoms.